The third-order valence-corrected chi connectivity index (χ3v) is 2.98. The first-order valence-corrected chi connectivity index (χ1v) is 6.31. The molecule has 1 fully saturated rings. The molecule has 1 N–H and O–H groups in total. The molecule has 0 radical (unpaired) electrons. The summed E-state index contributed by atoms with van der Waals surface area (Å²) in [6.07, 6.45) is 3.25. The molecule has 0 saturated carbocycles. The first-order valence-electron chi connectivity index (χ1n) is 5.51. The first-order chi connectivity index (χ1) is 8.00. The Balaban J connectivity index is 2.17. The normalized spacial score (nSPS) is 23.8. The molecule has 1 aliphatic rings. The van der Waals surface area contributed by atoms with E-state index in [2.05, 4.69) is 25.9 Å². The van der Waals surface area contributed by atoms with Crippen molar-refractivity contribution in [1.82, 2.24) is 9.97 Å². The number of aromatic nitrogens is 2. The number of halogens is 1. The standard InChI is InChI=1S/C11H16BrN3O2/c1-11(2)7-15(5-9(6-16)17-11)10-13-3-8(12)4-14-10/h3-4,9,16H,5-7H2,1-2H3. The molecular weight excluding hydrogens is 286 g/mol. The number of rotatable bonds is 2. The van der Waals surface area contributed by atoms with E-state index in [9.17, 15) is 5.11 Å². The van der Waals surface area contributed by atoms with Gasteiger partial charge in [0.25, 0.3) is 0 Å². The fourth-order valence-corrected chi connectivity index (χ4v) is 2.22. The van der Waals surface area contributed by atoms with Crippen LogP contribution in [0.15, 0.2) is 16.9 Å². The predicted octanol–water partition coefficient (Wildman–Crippen LogP) is 1.22. The maximum Gasteiger partial charge on any atom is 0.225 e. The lowest BCUT2D eigenvalue weighted by Crippen LogP contribution is -2.54. The summed E-state index contributed by atoms with van der Waals surface area (Å²) in [7, 11) is 0. The number of hydrogen-bond acceptors (Lipinski definition) is 5. The number of morpholine rings is 1. The minimum atomic E-state index is -0.303. The lowest BCUT2D eigenvalue weighted by Gasteiger charge is -2.42. The van der Waals surface area contributed by atoms with Crippen LogP contribution in [-0.2, 0) is 4.74 Å². The Morgan fingerprint density at radius 1 is 1.53 bits per heavy atom. The van der Waals surface area contributed by atoms with Crippen molar-refractivity contribution in [3.63, 3.8) is 0 Å². The largest absolute Gasteiger partial charge is 0.394 e. The topological polar surface area (TPSA) is 58.5 Å². The molecule has 0 aliphatic carbocycles. The van der Waals surface area contributed by atoms with E-state index in [1.807, 2.05) is 18.7 Å². The van der Waals surface area contributed by atoms with Gasteiger partial charge >= 0.3 is 0 Å². The summed E-state index contributed by atoms with van der Waals surface area (Å²) < 4.78 is 6.60. The van der Waals surface area contributed by atoms with Crippen LogP contribution in [0.3, 0.4) is 0 Å². The van der Waals surface area contributed by atoms with Crippen molar-refractivity contribution in [2.45, 2.75) is 25.6 Å². The minimum absolute atomic E-state index is 0.0104. The zero-order chi connectivity index (χ0) is 12.5. The molecule has 94 valence electrons. The number of hydrogen-bond donors (Lipinski definition) is 1. The van der Waals surface area contributed by atoms with E-state index < -0.39 is 0 Å². The van der Waals surface area contributed by atoms with Gasteiger partial charge in [-0.3, -0.25) is 0 Å². The molecule has 0 amide bonds. The molecule has 2 rings (SSSR count). The van der Waals surface area contributed by atoms with Crippen molar-refractivity contribution in [2.75, 3.05) is 24.6 Å². The quantitative estimate of drug-likeness (QED) is 0.890. The zero-order valence-electron chi connectivity index (χ0n) is 9.93. The number of nitrogens with zero attached hydrogens (tertiary/aromatic N) is 3. The lowest BCUT2D eigenvalue weighted by atomic mass is 10.1. The average Bonchev–Trinajstić information content (AvgIpc) is 2.27. The summed E-state index contributed by atoms with van der Waals surface area (Å²) in [6, 6.07) is 0. The van der Waals surface area contributed by atoms with Crippen molar-refractivity contribution in [3.05, 3.63) is 16.9 Å². The van der Waals surface area contributed by atoms with E-state index in [-0.39, 0.29) is 18.3 Å². The molecule has 1 aliphatic heterocycles. The van der Waals surface area contributed by atoms with Crippen molar-refractivity contribution in [3.8, 4) is 0 Å². The average molecular weight is 302 g/mol. The summed E-state index contributed by atoms with van der Waals surface area (Å²) >= 11 is 3.31. The lowest BCUT2D eigenvalue weighted by molar-refractivity contribution is -0.101. The maximum atomic E-state index is 9.23. The molecule has 1 atom stereocenters. The Morgan fingerprint density at radius 2 is 2.18 bits per heavy atom. The van der Waals surface area contributed by atoms with Gasteiger partial charge in [-0.1, -0.05) is 0 Å². The molecule has 1 aromatic rings. The SMILES string of the molecule is CC1(C)CN(c2ncc(Br)cn2)CC(CO)O1. The molecule has 1 saturated heterocycles. The van der Waals surface area contributed by atoms with Crippen LogP contribution in [0.4, 0.5) is 5.95 Å². The van der Waals surface area contributed by atoms with E-state index >= 15 is 0 Å². The fraction of sp³-hybridized carbons (Fsp3) is 0.636. The van der Waals surface area contributed by atoms with E-state index in [0.717, 1.165) is 4.47 Å². The van der Waals surface area contributed by atoms with Crippen LogP contribution < -0.4 is 4.90 Å². The van der Waals surface area contributed by atoms with E-state index in [1.54, 1.807) is 12.4 Å². The molecule has 1 unspecified atom stereocenters. The number of aliphatic hydroxyl groups excluding tert-OH is 1. The van der Waals surface area contributed by atoms with Crippen LogP contribution in [0, 0.1) is 0 Å². The van der Waals surface area contributed by atoms with Crippen LogP contribution in [0.1, 0.15) is 13.8 Å². The summed E-state index contributed by atoms with van der Waals surface area (Å²) in [6.45, 7) is 5.34. The highest BCUT2D eigenvalue weighted by molar-refractivity contribution is 9.10. The van der Waals surface area contributed by atoms with Crippen LogP contribution in [-0.4, -0.2) is 46.5 Å². The van der Waals surface area contributed by atoms with E-state index in [1.165, 1.54) is 0 Å². The monoisotopic (exact) mass is 301 g/mol. The van der Waals surface area contributed by atoms with Gasteiger partial charge in [0.1, 0.15) is 0 Å². The van der Waals surface area contributed by atoms with Crippen molar-refractivity contribution >= 4 is 21.9 Å². The molecule has 0 bridgehead atoms. The second kappa shape index (κ2) is 4.88. The predicted molar refractivity (Wildman–Crippen MR) is 68.0 cm³/mol. The van der Waals surface area contributed by atoms with Gasteiger partial charge in [-0.05, 0) is 29.8 Å². The molecule has 0 spiro atoms. The Kier molecular flexibility index (Phi) is 3.65. The van der Waals surface area contributed by atoms with Gasteiger partial charge in [0, 0.05) is 25.5 Å². The van der Waals surface area contributed by atoms with Crippen molar-refractivity contribution in [1.29, 1.82) is 0 Å². The van der Waals surface area contributed by atoms with Gasteiger partial charge in [-0.2, -0.15) is 0 Å². The number of anilines is 1. The second-order valence-corrected chi connectivity index (χ2v) is 5.68. The van der Waals surface area contributed by atoms with Crippen molar-refractivity contribution in [2.24, 2.45) is 0 Å². The Labute approximate surface area is 109 Å². The first kappa shape index (κ1) is 12.7. The molecule has 2 heterocycles. The Hall–Kier alpha value is -0.720. The highest BCUT2D eigenvalue weighted by Gasteiger charge is 2.34. The second-order valence-electron chi connectivity index (χ2n) is 4.76. The highest BCUT2D eigenvalue weighted by Crippen LogP contribution is 2.23. The summed E-state index contributed by atoms with van der Waals surface area (Å²) in [5, 5.41) is 9.23. The highest BCUT2D eigenvalue weighted by atomic mass is 79.9. The van der Waals surface area contributed by atoms with Gasteiger partial charge in [0.2, 0.25) is 5.95 Å². The molecule has 6 heteroatoms. The van der Waals surface area contributed by atoms with Gasteiger partial charge in [0.05, 0.1) is 22.8 Å². The number of aliphatic hydroxyl groups is 1. The molecular formula is C11H16BrN3O2. The molecule has 5 nitrogen and oxygen atoms in total. The van der Waals surface area contributed by atoms with Crippen LogP contribution >= 0.6 is 15.9 Å². The Bertz CT molecular complexity index is 383. The van der Waals surface area contributed by atoms with Gasteiger partial charge in [-0.25, -0.2) is 9.97 Å². The van der Waals surface area contributed by atoms with Gasteiger partial charge < -0.3 is 14.7 Å². The van der Waals surface area contributed by atoms with Crippen LogP contribution in [0.2, 0.25) is 0 Å². The molecule has 1 aromatic heterocycles. The maximum absolute atomic E-state index is 9.23. The zero-order valence-corrected chi connectivity index (χ0v) is 11.5. The van der Waals surface area contributed by atoms with E-state index in [0.29, 0.717) is 19.0 Å². The smallest absolute Gasteiger partial charge is 0.225 e. The summed E-state index contributed by atoms with van der Waals surface area (Å²) in [5.74, 6) is 0.669. The van der Waals surface area contributed by atoms with Crippen LogP contribution in [0.5, 0.6) is 0 Å². The third kappa shape index (κ3) is 3.14. The van der Waals surface area contributed by atoms with Crippen LogP contribution in [0.25, 0.3) is 0 Å². The molecule has 17 heavy (non-hydrogen) atoms. The summed E-state index contributed by atoms with van der Waals surface area (Å²) in [5.41, 5.74) is -0.303. The molecule has 0 aromatic carbocycles. The van der Waals surface area contributed by atoms with Gasteiger partial charge in [0.15, 0.2) is 0 Å². The minimum Gasteiger partial charge on any atom is -0.394 e. The third-order valence-electron chi connectivity index (χ3n) is 2.57. The number of ether oxygens (including phenoxy) is 1. The van der Waals surface area contributed by atoms with Gasteiger partial charge in [-0.15, -0.1) is 0 Å². The fourth-order valence-electron chi connectivity index (χ4n) is 2.01. The van der Waals surface area contributed by atoms with E-state index in [4.69, 9.17) is 4.74 Å². The Morgan fingerprint density at radius 3 is 2.76 bits per heavy atom. The summed E-state index contributed by atoms with van der Waals surface area (Å²) in [4.78, 5) is 10.6. The van der Waals surface area contributed by atoms with Crippen molar-refractivity contribution < 1.29 is 9.84 Å².